The molecule has 3 saturated carbocycles. The van der Waals surface area contributed by atoms with Gasteiger partial charge in [-0.3, -0.25) is 4.79 Å². The van der Waals surface area contributed by atoms with E-state index in [-0.39, 0.29) is 23.4 Å². The molecule has 0 aromatic carbocycles. The van der Waals surface area contributed by atoms with Gasteiger partial charge in [0, 0.05) is 5.41 Å². The van der Waals surface area contributed by atoms with E-state index in [1.165, 1.54) is 0 Å². The van der Waals surface area contributed by atoms with Gasteiger partial charge < -0.3 is 10.2 Å². The number of carboxylic acid groups (broad SMARTS) is 1. The molecule has 0 heterocycles. The molecule has 3 aliphatic rings. The minimum atomic E-state index is -0.648. The fourth-order valence-electron chi connectivity index (χ4n) is 3.97. The fourth-order valence-corrected chi connectivity index (χ4v) is 3.97. The van der Waals surface area contributed by atoms with E-state index in [1.54, 1.807) is 0 Å². The molecule has 72 valence electrons. The quantitative estimate of drug-likeness (QED) is 0.632. The zero-order chi connectivity index (χ0) is 9.22. The first kappa shape index (κ1) is 7.80. The monoisotopic (exact) mass is 182 g/mol. The second-order valence-corrected chi connectivity index (χ2v) is 4.89. The summed E-state index contributed by atoms with van der Waals surface area (Å²) >= 11 is 0. The molecule has 13 heavy (non-hydrogen) atoms. The topological polar surface area (TPSA) is 57.5 Å². The minimum Gasteiger partial charge on any atom is -0.481 e. The molecule has 0 amide bonds. The SMILES string of the molecule is O=C(O)C1CC2CC23C(O)CCC13. The molecule has 0 saturated heterocycles. The molecule has 5 unspecified atom stereocenters. The summed E-state index contributed by atoms with van der Waals surface area (Å²) in [6, 6.07) is 0. The van der Waals surface area contributed by atoms with Gasteiger partial charge in [0.05, 0.1) is 12.0 Å². The molecular formula is C10H14O3. The number of carboxylic acids is 1. The Hall–Kier alpha value is -0.570. The molecule has 1 spiro atoms. The molecule has 0 aromatic rings. The zero-order valence-electron chi connectivity index (χ0n) is 7.44. The lowest BCUT2D eigenvalue weighted by Gasteiger charge is -2.20. The molecule has 3 nitrogen and oxygen atoms in total. The van der Waals surface area contributed by atoms with Gasteiger partial charge in [-0.05, 0) is 37.5 Å². The Labute approximate surface area is 76.8 Å². The molecule has 5 atom stereocenters. The Morgan fingerprint density at radius 3 is 2.85 bits per heavy atom. The number of aliphatic carboxylic acids is 1. The normalized spacial score (nSPS) is 57.3. The largest absolute Gasteiger partial charge is 0.481 e. The predicted octanol–water partition coefficient (Wildman–Crippen LogP) is 0.868. The van der Waals surface area contributed by atoms with Crippen LogP contribution in [0.3, 0.4) is 0 Å². The van der Waals surface area contributed by atoms with Crippen molar-refractivity contribution in [1.82, 2.24) is 0 Å². The Kier molecular flexibility index (Phi) is 1.25. The van der Waals surface area contributed by atoms with Gasteiger partial charge in [0.2, 0.25) is 0 Å². The number of hydrogen-bond acceptors (Lipinski definition) is 2. The lowest BCUT2D eigenvalue weighted by Crippen LogP contribution is -2.26. The summed E-state index contributed by atoms with van der Waals surface area (Å²) in [6.07, 6.45) is 3.45. The van der Waals surface area contributed by atoms with Crippen molar-refractivity contribution in [3.8, 4) is 0 Å². The van der Waals surface area contributed by atoms with Crippen LogP contribution in [-0.2, 0) is 4.79 Å². The highest BCUT2D eigenvalue weighted by Crippen LogP contribution is 2.74. The van der Waals surface area contributed by atoms with E-state index in [1.807, 2.05) is 0 Å². The van der Waals surface area contributed by atoms with Crippen molar-refractivity contribution >= 4 is 5.97 Å². The Balaban J connectivity index is 1.92. The summed E-state index contributed by atoms with van der Waals surface area (Å²) in [6.45, 7) is 0. The third-order valence-corrected chi connectivity index (χ3v) is 4.60. The highest BCUT2D eigenvalue weighted by Gasteiger charge is 2.72. The van der Waals surface area contributed by atoms with E-state index in [2.05, 4.69) is 0 Å². The van der Waals surface area contributed by atoms with Crippen LogP contribution >= 0.6 is 0 Å². The van der Waals surface area contributed by atoms with E-state index in [0.717, 1.165) is 25.7 Å². The maximum absolute atomic E-state index is 10.9. The third kappa shape index (κ3) is 0.725. The van der Waals surface area contributed by atoms with Gasteiger partial charge in [-0.1, -0.05) is 0 Å². The van der Waals surface area contributed by atoms with Crippen molar-refractivity contribution in [2.75, 3.05) is 0 Å². The molecule has 3 heteroatoms. The van der Waals surface area contributed by atoms with Gasteiger partial charge in [0.1, 0.15) is 0 Å². The minimum absolute atomic E-state index is 0.0586. The van der Waals surface area contributed by atoms with Crippen molar-refractivity contribution in [3.05, 3.63) is 0 Å². The summed E-state index contributed by atoms with van der Waals surface area (Å²) in [7, 11) is 0. The molecule has 0 radical (unpaired) electrons. The van der Waals surface area contributed by atoms with Crippen molar-refractivity contribution in [2.24, 2.45) is 23.2 Å². The average molecular weight is 182 g/mol. The van der Waals surface area contributed by atoms with E-state index in [0.29, 0.717) is 5.92 Å². The summed E-state index contributed by atoms with van der Waals surface area (Å²) in [5.41, 5.74) is 0.0586. The highest BCUT2D eigenvalue weighted by atomic mass is 16.4. The Morgan fingerprint density at radius 1 is 1.38 bits per heavy atom. The average Bonchev–Trinajstić information content (AvgIpc) is 2.57. The lowest BCUT2D eigenvalue weighted by molar-refractivity contribution is -0.143. The Bertz CT molecular complexity index is 275. The molecule has 0 aromatic heterocycles. The number of rotatable bonds is 1. The van der Waals surface area contributed by atoms with Crippen LogP contribution in [0.15, 0.2) is 0 Å². The van der Waals surface area contributed by atoms with Crippen LogP contribution in [0.2, 0.25) is 0 Å². The molecule has 3 fully saturated rings. The van der Waals surface area contributed by atoms with E-state index < -0.39 is 5.97 Å². The highest BCUT2D eigenvalue weighted by molar-refractivity contribution is 5.71. The zero-order valence-corrected chi connectivity index (χ0v) is 7.44. The standard InChI is InChI=1S/C10H14O3/c11-8-2-1-7-6(9(12)13)3-5-4-10(5,7)8/h5-8,11H,1-4H2,(H,12,13). The van der Waals surface area contributed by atoms with Gasteiger partial charge in [-0.25, -0.2) is 0 Å². The second kappa shape index (κ2) is 2.08. The number of aliphatic hydroxyl groups excluding tert-OH is 1. The first-order valence-corrected chi connectivity index (χ1v) is 5.07. The first-order chi connectivity index (χ1) is 6.16. The predicted molar refractivity (Wildman–Crippen MR) is 45.0 cm³/mol. The molecule has 2 N–H and O–H groups in total. The molecule has 3 rings (SSSR count). The van der Waals surface area contributed by atoms with Crippen LogP contribution in [0, 0.1) is 23.2 Å². The molecule has 3 aliphatic carbocycles. The van der Waals surface area contributed by atoms with Gasteiger partial charge in [-0.15, -0.1) is 0 Å². The van der Waals surface area contributed by atoms with Crippen LogP contribution < -0.4 is 0 Å². The van der Waals surface area contributed by atoms with Gasteiger partial charge in [0.25, 0.3) is 0 Å². The van der Waals surface area contributed by atoms with Gasteiger partial charge >= 0.3 is 5.97 Å². The van der Waals surface area contributed by atoms with Crippen LogP contribution in [0.5, 0.6) is 0 Å². The van der Waals surface area contributed by atoms with Crippen molar-refractivity contribution in [1.29, 1.82) is 0 Å². The van der Waals surface area contributed by atoms with E-state index in [9.17, 15) is 9.90 Å². The number of carbonyl (C=O) groups is 1. The van der Waals surface area contributed by atoms with Crippen LogP contribution in [0.1, 0.15) is 25.7 Å². The maximum atomic E-state index is 10.9. The van der Waals surface area contributed by atoms with Crippen LogP contribution in [0.25, 0.3) is 0 Å². The van der Waals surface area contributed by atoms with E-state index in [4.69, 9.17) is 5.11 Å². The van der Waals surface area contributed by atoms with Crippen molar-refractivity contribution in [2.45, 2.75) is 31.8 Å². The smallest absolute Gasteiger partial charge is 0.306 e. The Morgan fingerprint density at radius 2 is 2.15 bits per heavy atom. The molecular weight excluding hydrogens is 168 g/mol. The summed E-state index contributed by atoms with van der Waals surface area (Å²) in [5.74, 6) is 0.00248. The van der Waals surface area contributed by atoms with E-state index >= 15 is 0 Å². The third-order valence-electron chi connectivity index (χ3n) is 4.60. The van der Waals surface area contributed by atoms with Gasteiger partial charge in [-0.2, -0.15) is 0 Å². The van der Waals surface area contributed by atoms with Crippen LogP contribution in [-0.4, -0.2) is 22.3 Å². The second-order valence-electron chi connectivity index (χ2n) is 4.89. The van der Waals surface area contributed by atoms with Gasteiger partial charge in [0.15, 0.2) is 0 Å². The van der Waals surface area contributed by atoms with Crippen LogP contribution in [0.4, 0.5) is 0 Å². The maximum Gasteiger partial charge on any atom is 0.306 e. The number of hydrogen-bond donors (Lipinski definition) is 2. The number of aliphatic hydroxyl groups is 1. The van der Waals surface area contributed by atoms with Crippen molar-refractivity contribution in [3.63, 3.8) is 0 Å². The molecule has 0 bridgehead atoms. The molecule has 0 aliphatic heterocycles. The summed E-state index contributed by atoms with van der Waals surface area (Å²) in [5, 5.41) is 18.8. The van der Waals surface area contributed by atoms with Crippen molar-refractivity contribution < 1.29 is 15.0 Å². The summed E-state index contributed by atoms with van der Waals surface area (Å²) < 4.78 is 0. The first-order valence-electron chi connectivity index (χ1n) is 5.07. The lowest BCUT2D eigenvalue weighted by atomic mass is 9.85. The summed E-state index contributed by atoms with van der Waals surface area (Å²) in [4.78, 5) is 10.9. The fraction of sp³-hybridized carbons (Fsp3) is 0.900.